The van der Waals surface area contributed by atoms with Crippen LogP contribution in [0.1, 0.15) is 72.3 Å². The summed E-state index contributed by atoms with van der Waals surface area (Å²) in [5, 5.41) is 40.7. The van der Waals surface area contributed by atoms with Crippen LogP contribution in [0.15, 0.2) is 96.8 Å². The molecule has 6 N–H and O–H groups in total. The molecule has 346 valence electrons. The number of fused-ring (bicyclic) bond motifs is 2. The molecular weight excluding hydrogens is 825 g/mol. The fourth-order valence-electron chi connectivity index (χ4n) is 7.27. The van der Waals surface area contributed by atoms with Gasteiger partial charge in [-0.1, -0.05) is 75.4 Å². The summed E-state index contributed by atoms with van der Waals surface area (Å²) in [5.74, 6) is -5.76. The summed E-state index contributed by atoms with van der Waals surface area (Å²) in [4.78, 5) is 90.8. The normalized spacial score (nSPS) is 26.8. The van der Waals surface area contributed by atoms with Gasteiger partial charge in [-0.15, -0.1) is 0 Å². The summed E-state index contributed by atoms with van der Waals surface area (Å²) in [6.45, 7) is 8.24. The van der Waals surface area contributed by atoms with Gasteiger partial charge in [-0.2, -0.15) is 5.06 Å². The summed E-state index contributed by atoms with van der Waals surface area (Å²) >= 11 is 0. The molecule has 2 aliphatic heterocycles. The minimum absolute atomic E-state index is 0.0398. The van der Waals surface area contributed by atoms with Gasteiger partial charge in [0.2, 0.25) is 11.8 Å². The number of hydroxylamine groups is 1. The second-order valence-electron chi connectivity index (χ2n) is 16.4. The average Bonchev–Trinajstić information content (AvgIpc) is 3.26. The van der Waals surface area contributed by atoms with Crippen LogP contribution in [0.5, 0.6) is 5.75 Å². The number of pyridine rings is 1. The molecule has 0 aliphatic carbocycles. The Balaban J connectivity index is 1.71. The Labute approximate surface area is 374 Å². The SMILES string of the molecule is CON(C(=O)/C=C/C=C(\C)[C@@H]1C/C=C/C=C/[C@H](O)[C@H](C)[C@@H](O)[C@@H](CCC(C)=O)C(=O)N[C@@H](C(C)C)C(=O)N[C@@H](Cc2cccc(O)c2)C(=O)N2CCCC(N2)C(=O)O1)c1ccccn1. The van der Waals surface area contributed by atoms with Crippen LogP contribution in [-0.2, 0) is 44.8 Å². The Bertz CT molecular complexity index is 2050. The predicted molar refractivity (Wildman–Crippen MR) is 237 cm³/mol. The van der Waals surface area contributed by atoms with Crippen molar-refractivity contribution in [2.75, 3.05) is 18.7 Å². The lowest BCUT2D eigenvalue weighted by atomic mass is 9.84. The maximum absolute atomic E-state index is 14.4. The summed E-state index contributed by atoms with van der Waals surface area (Å²) in [5.41, 5.74) is 4.07. The first-order valence-electron chi connectivity index (χ1n) is 21.5. The number of anilines is 1. The average molecular weight is 887 g/mol. The zero-order chi connectivity index (χ0) is 46.9. The fourth-order valence-corrected chi connectivity index (χ4v) is 7.27. The molecule has 3 heterocycles. The Hall–Kier alpha value is -6.01. The van der Waals surface area contributed by atoms with Crippen molar-refractivity contribution in [1.82, 2.24) is 26.1 Å². The number of benzene rings is 1. The molecule has 4 amide bonds. The summed E-state index contributed by atoms with van der Waals surface area (Å²) < 4.78 is 6.06. The number of ether oxygens (including phenoxy) is 1. The molecule has 0 saturated carbocycles. The van der Waals surface area contributed by atoms with E-state index in [0.29, 0.717) is 24.0 Å². The number of allylic oxidation sites excluding steroid dienone is 4. The number of carbonyl (C=O) groups excluding carboxylic acids is 6. The molecule has 1 aromatic heterocycles. The number of aromatic nitrogens is 1. The monoisotopic (exact) mass is 886 g/mol. The van der Waals surface area contributed by atoms with Crippen molar-refractivity contribution in [3.8, 4) is 5.75 Å². The van der Waals surface area contributed by atoms with Crippen molar-refractivity contribution >= 4 is 41.2 Å². The van der Waals surface area contributed by atoms with Crippen LogP contribution < -0.4 is 21.1 Å². The van der Waals surface area contributed by atoms with Gasteiger partial charge in [0.25, 0.3) is 11.8 Å². The Morgan fingerprint density at radius 2 is 1.81 bits per heavy atom. The number of hydrogen-bond acceptors (Lipinski definition) is 13. The van der Waals surface area contributed by atoms with E-state index in [9.17, 15) is 44.1 Å². The number of ketones is 1. The molecule has 0 spiro atoms. The number of aliphatic hydroxyl groups is 2. The third-order valence-electron chi connectivity index (χ3n) is 11.1. The topological polar surface area (TPSA) is 237 Å². The van der Waals surface area contributed by atoms with Gasteiger partial charge < -0.3 is 35.5 Å². The van der Waals surface area contributed by atoms with Gasteiger partial charge in [-0.25, -0.2) is 10.4 Å². The Morgan fingerprint density at radius 1 is 1.05 bits per heavy atom. The number of phenols is 1. The van der Waals surface area contributed by atoms with Crippen molar-refractivity contribution in [2.45, 2.75) is 110 Å². The summed E-state index contributed by atoms with van der Waals surface area (Å²) in [6.07, 6.45) is 9.42. The molecule has 17 heteroatoms. The van der Waals surface area contributed by atoms with E-state index in [0.717, 1.165) is 5.06 Å². The lowest BCUT2D eigenvalue weighted by Crippen LogP contribution is -2.62. The maximum atomic E-state index is 14.4. The number of cyclic esters (lactones) is 1. The number of esters is 1. The molecule has 8 atom stereocenters. The number of amides is 4. The number of nitrogens with zero attached hydrogens (tertiary/aromatic N) is 3. The van der Waals surface area contributed by atoms with E-state index in [1.807, 2.05) is 0 Å². The second-order valence-corrected chi connectivity index (χ2v) is 16.4. The predicted octanol–water partition coefficient (Wildman–Crippen LogP) is 3.32. The van der Waals surface area contributed by atoms with Crippen LogP contribution in [0.25, 0.3) is 0 Å². The Kier molecular flexibility index (Phi) is 19.6. The number of phenolic OH excluding ortho intramolecular Hbond substituents is 1. The highest BCUT2D eigenvalue weighted by atomic mass is 16.7. The van der Waals surface area contributed by atoms with E-state index in [4.69, 9.17) is 9.57 Å². The van der Waals surface area contributed by atoms with Crippen molar-refractivity contribution in [1.29, 1.82) is 0 Å². The molecule has 2 aliphatic rings. The third kappa shape index (κ3) is 14.8. The van der Waals surface area contributed by atoms with Crippen LogP contribution in [0.4, 0.5) is 5.82 Å². The second kappa shape index (κ2) is 24.7. The van der Waals surface area contributed by atoms with Gasteiger partial charge in [0.1, 0.15) is 35.8 Å². The van der Waals surface area contributed by atoms with Crippen molar-refractivity contribution in [3.05, 3.63) is 102 Å². The number of carbonyl (C=O) groups is 6. The molecule has 17 nitrogen and oxygen atoms in total. The van der Waals surface area contributed by atoms with Gasteiger partial charge in [0.15, 0.2) is 5.82 Å². The summed E-state index contributed by atoms with van der Waals surface area (Å²) in [6, 6.07) is 7.84. The number of aromatic hydroxyl groups is 1. The Morgan fingerprint density at radius 3 is 2.48 bits per heavy atom. The zero-order valence-corrected chi connectivity index (χ0v) is 37.3. The van der Waals surface area contributed by atoms with Crippen molar-refractivity contribution in [3.63, 3.8) is 0 Å². The first-order valence-corrected chi connectivity index (χ1v) is 21.5. The first-order chi connectivity index (χ1) is 30.5. The smallest absolute Gasteiger partial charge is 0.325 e. The van der Waals surface area contributed by atoms with Gasteiger partial charge in [0, 0.05) is 44.0 Å². The molecule has 64 heavy (non-hydrogen) atoms. The van der Waals surface area contributed by atoms with E-state index in [-0.39, 0.29) is 49.6 Å². The first kappa shape index (κ1) is 50.6. The third-order valence-corrected chi connectivity index (χ3v) is 11.1. The molecule has 4 rings (SSSR count). The van der Waals surface area contributed by atoms with Gasteiger partial charge in [-0.3, -0.25) is 33.8 Å². The number of aliphatic hydroxyl groups excluding tert-OH is 2. The molecule has 1 aromatic carbocycles. The number of hydrazine groups is 1. The highest BCUT2D eigenvalue weighted by molar-refractivity contribution is 5.99. The number of hydrogen-bond donors (Lipinski definition) is 6. The largest absolute Gasteiger partial charge is 0.508 e. The van der Waals surface area contributed by atoms with Crippen LogP contribution in [0.3, 0.4) is 0 Å². The van der Waals surface area contributed by atoms with Crippen molar-refractivity contribution in [2.24, 2.45) is 17.8 Å². The summed E-state index contributed by atoms with van der Waals surface area (Å²) in [7, 11) is 1.34. The highest BCUT2D eigenvalue weighted by Crippen LogP contribution is 2.24. The quantitative estimate of drug-likeness (QED) is 0.0824. The molecule has 2 bridgehead atoms. The maximum Gasteiger partial charge on any atom is 0.325 e. The molecule has 1 fully saturated rings. The molecular formula is C47H62N6O11. The number of nitrogens with one attached hydrogen (secondary N) is 3. The minimum Gasteiger partial charge on any atom is -0.508 e. The molecule has 0 radical (unpaired) electrons. The van der Waals surface area contributed by atoms with Crippen LogP contribution in [0.2, 0.25) is 0 Å². The lowest BCUT2D eigenvalue weighted by Gasteiger charge is -2.36. The molecule has 2 aromatic rings. The van der Waals surface area contributed by atoms with E-state index in [1.165, 1.54) is 55.6 Å². The minimum atomic E-state index is -1.44. The van der Waals surface area contributed by atoms with Gasteiger partial charge >= 0.3 is 5.97 Å². The van der Waals surface area contributed by atoms with Crippen molar-refractivity contribution < 1.29 is 53.7 Å². The van der Waals surface area contributed by atoms with E-state index < -0.39 is 83.8 Å². The molecule has 1 unspecified atom stereocenters. The van der Waals surface area contributed by atoms with Crippen LogP contribution >= 0.6 is 0 Å². The van der Waals surface area contributed by atoms with Gasteiger partial charge in [0.05, 0.1) is 25.2 Å². The van der Waals surface area contributed by atoms with E-state index in [1.54, 1.807) is 82.3 Å². The van der Waals surface area contributed by atoms with Gasteiger partial charge in [-0.05, 0) is 74.4 Å². The standard InChI is InChI=1S/C47H62N6O11/c1-29(2)42-45(60)49-37(28-33-16-13-17-34(55)27-33)46(61)52-26-14-18-36(51-52)47(62)64-39(30(3)15-12-22-41(57)53(63-6)40-21-10-11-25-48-40)20-9-7-8-19-38(56)32(5)43(58)35(44(59)50-42)24-23-31(4)54/h7-13,15-17,19,21-22,25,27,29,32,35-39,42-43,51,55-56,58H,14,18,20,23-24,26,28H2,1-6H3,(H,49,60)(H,50,59)/b9-7+,19-8+,22-12+,30-15+/t32-,35+,36?,37-,38-,39-,42-,43+/m0/s1. The highest BCUT2D eigenvalue weighted by Gasteiger charge is 2.38. The fraction of sp³-hybridized carbons (Fsp3) is 0.468. The van der Waals surface area contributed by atoms with E-state index in [2.05, 4.69) is 21.0 Å². The number of rotatable bonds is 11. The zero-order valence-electron chi connectivity index (χ0n) is 37.3. The van der Waals surface area contributed by atoms with Crippen LogP contribution in [-0.4, -0.2) is 111 Å². The van der Waals surface area contributed by atoms with Crippen LogP contribution in [0, 0.1) is 17.8 Å². The van der Waals surface area contributed by atoms with E-state index >= 15 is 0 Å². The molecule has 1 saturated heterocycles. The number of Topliss-reactive ketones (excluding diaryl/α,β-unsaturated/α-hetero) is 1. The lowest BCUT2D eigenvalue weighted by molar-refractivity contribution is -0.156.